The van der Waals surface area contributed by atoms with Gasteiger partial charge in [-0.25, -0.2) is 4.39 Å². The Kier molecular flexibility index (Phi) is 5.52. The standard InChI is InChI=1S/C15H19FN2OS.ClH/c1-10-6-12(11-2-4-13(16)5-3-11)7-18(10)15(19)14-8-20-9-17-14;/h2-5,10,12,14,17H,6-9H2,1H3;1H. The molecule has 0 bridgehead atoms. The van der Waals surface area contributed by atoms with Crippen LogP contribution in [0.1, 0.15) is 24.8 Å². The van der Waals surface area contributed by atoms with Crippen molar-refractivity contribution in [3.05, 3.63) is 35.6 Å². The summed E-state index contributed by atoms with van der Waals surface area (Å²) in [5, 5.41) is 3.24. The fourth-order valence-corrected chi connectivity index (χ4v) is 4.00. The van der Waals surface area contributed by atoms with Gasteiger partial charge in [0.05, 0.1) is 6.04 Å². The Balaban J connectivity index is 0.00000161. The molecule has 0 spiro atoms. The summed E-state index contributed by atoms with van der Waals surface area (Å²) in [6.07, 6.45) is 0.956. The zero-order valence-electron chi connectivity index (χ0n) is 11.9. The maximum Gasteiger partial charge on any atom is 0.240 e. The maximum absolute atomic E-state index is 13.0. The largest absolute Gasteiger partial charge is 0.338 e. The fourth-order valence-electron chi connectivity index (χ4n) is 3.07. The second kappa shape index (κ2) is 6.99. The molecule has 2 saturated heterocycles. The Hall–Kier alpha value is -0.780. The Labute approximate surface area is 135 Å². The van der Waals surface area contributed by atoms with E-state index in [4.69, 9.17) is 0 Å². The number of rotatable bonds is 2. The van der Waals surface area contributed by atoms with Gasteiger partial charge in [-0.15, -0.1) is 24.2 Å². The van der Waals surface area contributed by atoms with Gasteiger partial charge in [0.2, 0.25) is 5.91 Å². The van der Waals surface area contributed by atoms with Crippen LogP contribution in [-0.4, -0.2) is 41.1 Å². The second-order valence-electron chi connectivity index (χ2n) is 5.60. The van der Waals surface area contributed by atoms with Crippen LogP contribution in [0.25, 0.3) is 0 Å². The number of benzene rings is 1. The third-order valence-electron chi connectivity index (χ3n) is 4.21. The number of amides is 1. The molecule has 0 aromatic heterocycles. The Morgan fingerprint density at radius 1 is 1.38 bits per heavy atom. The molecule has 2 fully saturated rings. The molecule has 1 N–H and O–H groups in total. The van der Waals surface area contributed by atoms with Crippen molar-refractivity contribution in [1.29, 1.82) is 0 Å². The lowest BCUT2D eigenvalue weighted by molar-refractivity contribution is -0.133. The van der Waals surface area contributed by atoms with Gasteiger partial charge in [-0.1, -0.05) is 12.1 Å². The van der Waals surface area contributed by atoms with Gasteiger partial charge in [-0.2, -0.15) is 0 Å². The van der Waals surface area contributed by atoms with Crippen molar-refractivity contribution in [2.24, 2.45) is 0 Å². The van der Waals surface area contributed by atoms with E-state index >= 15 is 0 Å². The van der Waals surface area contributed by atoms with Crippen LogP contribution in [0.3, 0.4) is 0 Å². The summed E-state index contributed by atoms with van der Waals surface area (Å²) in [5.41, 5.74) is 1.13. The van der Waals surface area contributed by atoms with Crippen molar-refractivity contribution in [3.8, 4) is 0 Å². The van der Waals surface area contributed by atoms with E-state index in [1.54, 1.807) is 11.8 Å². The van der Waals surface area contributed by atoms with Crippen LogP contribution < -0.4 is 5.32 Å². The van der Waals surface area contributed by atoms with Crippen molar-refractivity contribution in [2.75, 3.05) is 18.2 Å². The van der Waals surface area contributed by atoms with E-state index in [9.17, 15) is 9.18 Å². The van der Waals surface area contributed by atoms with E-state index < -0.39 is 0 Å². The van der Waals surface area contributed by atoms with Crippen LogP contribution in [0, 0.1) is 5.82 Å². The van der Waals surface area contributed by atoms with Crippen molar-refractivity contribution in [2.45, 2.75) is 31.3 Å². The van der Waals surface area contributed by atoms with Crippen LogP contribution in [0.4, 0.5) is 4.39 Å². The number of halogens is 2. The molecule has 2 heterocycles. The first-order chi connectivity index (χ1) is 9.65. The number of nitrogens with one attached hydrogen (secondary N) is 1. The third kappa shape index (κ3) is 3.52. The molecule has 0 aliphatic carbocycles. The highest BCUT2D eigenvalue weighted by atomic mass is 35.5. The SMILES string of the molecule is CC1CC(c2ccc(F)cc2)CN1C(=O)C1CSCN1.Cl. The zero-order valence-corrected chi connectivity index (χ0v) is 13.6. The molecule has 0 radical (unpaired) electrons. The van der Waals surface area contributed by atoms with Gasteiger partial charge in [0.1, 0.15) is 5.82 Å². The van der Waals surface area contributed by atoms with Crippen molar-refractivity contribution in [3.63, 3.8) is 0 Å². The van der Waals surface area contributed by atoms with E-state index in [1.807, 2.05) is 17.0 Å². The Bertz CT molecular complexity index is 493. The molecule has 0 saturated carbocycles. The third-order valence-corrected chi connectivity index (χ3v) is 5.15. The van der Waals surface area contributed by atoms with Gasteiger partial charge in [-0.3, -0.25) is 10.1 Å². The number of nitrogens with zero attached hydrogens (tertiary/aromatic N) is 1. The molecule has 2 aliphatic rings. The fraction of sp³-hybridized carbons (Fsp3) is 0.533. The monoisotopic (exact) mass is 330 g/mol. The van der Waals surface area contributed by atoms with Gasteiger partial charge in [0.15, 0.2) is 0 Å². The second-order valence-corrected chi connectivity index (χ2v) is 6.63. The van der Waals surface area contributed by atoms with Crippen molar-refractivity contribution in [1.82, 2.24) is 10.2 Å². The van der Waals surface area contributed by atoms with Gasteiger partial charge in [0, 0.05) is 30.1 Å². The number of likely N-dealkylation sites (tertiary alicyclic amines) is 1. The number of carbonyl (C=O) groups is 1. The highest BCUT2D eigenvalue weighted by Crippen LogP contribution is 2.32. The molecule has 116 valence electrons. The maximum atomic E-state index is 13.0. The van der Waals surface area contributed by atoms with Crippen LogP contribution >= 0.6 is 24.2 Å². The smallest absolute Gasteiger partial charge is 0.240 e. The minimum absolute atomic E-state index is 0. The molecule has 3 unspecified atom stereocenters. The molecule has 6 heteroatoms. The zero-order chi connectivity index (χ0) is 14.1. The van der Waals surface area contributed by atoms with Crippen LogP contribution in [0.15, 0.2) is 24.3 Å². The number of hydrogen-bond acceptors (Lipinski definition) is 3. The van der Waals surface area contributed by atoms with E-state index in [0.29, 0.717) is 5.92 Å². The van der Waals surface area contributed by atoms with E-state index in [0.717, 1.165) is 30.2 Å². The number of thioether (sulfide) groups is 1. The lowest BCUT2D eigenvalue weighted by Crippen LogP contribution is -2.46. The summed E-state index contributed by atoms with van der Waals surface area (Å²) >= 11 is 1.77. The lowest BCUT2D eigenvalue weighted by atomic mass is 9.97. The van der Waals surface area contributed by atoms with Crippen LogP contribution in [0.2, 0.25) is 0 Å². The Morgan fingerprint density at radius 2 is 2.10 bits per heavy atom. The molecule has 3 nitrogen and oxygen atoms in total. The van der Waals surface area contributed by atoms with Crippen LogP contribution in [0.5, 0.6) is 0 Å². The molecule has 1 aromatic rings. The average Bonchev–Trinajstić information content (AvgIpc) is 3.08. The summed E-state index contributed by atoms with van der Waals surface area (Å²) < 4.78 is 13.0. The summed E-state index contributed by atoms with van der Waals surface area (Å²) in [5.74, 6) is 2.05. The molecular weight excluding hydrogens is 311 g/mol. The normalized spacial score (nSPS) is 28.5. The highest BCUT2D eigenvalue weighted by Gasteiger charge is 2.37. The van der Waals surface area contributed by atoms with E-state index in [2.05, 4.69) is 12.2 Å². The predicted molar refractivity (Wildman–Crippen MR) is 86.4 cm³/mol. The predicted octanol–water partition coefficient (Wildman–Crippen LogP) is 2.61. The molecule has 1 aromatic carbocycles. The molecule has 3 atom stereocenters. The average molecular weight is 331 g/mol. The first kappa shape index (κ1) is 16.6. The van der Waals surface area contributed by atoms with Crippen molar-refractivity contribution < 1.29 is 9.18 Å². The molecule has 1 amide bonds. The van der Waals surface area contributed by atoms with E-state index in [-0.39, 0.29) is 36.2 Å². The molecule has 3 rings (SSSR count). The Morgan fingerprint density at radius 3 is 2.71 bits per heavy atom. The minimum atomic E-state index is -0.208. The topological polar surface area (TPSA) is 32.3 Å². The molecule has 21 heavy (non-hydrogen) atoms. The van der Waals surface area contributed by atoms with Crippen molar-refractivity contribution >= 4 is 30.1 Å². The van der Waals surface area contributed by atoms with Crippen LogP contribution in [-0.2, 0) is 4.79 Å². The summed E-state index contributed by atoms with van der Waals surface area (Å²) in [7, 11) is 0. The summed E-state index contributed by atoms with van der Waals surface area (Å²) in [4.78, 5) is 14.5. The van der Waals surface area contributed by atoms with Gasteiger partial charge < -0.3 is 4.90 Å². The summed E-state index contributed by atoms with van der Waals surface area (Å²) in [6.45, 7) is 2.85. The molecular formula is C15H20ClFN2OS. The first-order valence-electron chi connectivity index (χ1n) is 7.02. The minimum Gasteiger partial charge on any atom is -0.338 e. The van der Waals surface area contributed by atoms with E-state index in [1.165, 1.54) is 12.1 Å². The first-order valence-corrected chi connectivity index (χ1v) is 8.17. The number of hydrogen-bond donors (Lipinski definition) is 1. The molecule has 2 aliphatic heterocycles. The lowest BCUT2D eigenvalue weighted by Gasteiger charge is -2.24. The summed E-state index contributed by atoms with van der Waals surface area (Å²) in [6, 6.07) is 6.90. The van der Waals surface area contributed by atoms with Gasteiger partial charge in [-0.05, 0) is 31.0 Å². The van der Waals surface area contributed by atoms with Gasteiger partial charge >= 0.3 is 0 Å². The number of carbonyl (C=O) groups excluding carboxylic acids is 1. The quantitative estimate of drug-likeness (QED) is 0.904. The highest BCUT2D eigenvalue weighted by molar-refractivity contribution is 7.99. The van der Waals surface area contributed by atoms with Gasteiger partial charge in [0.25, 0.3) is 0 Å².